The van der Waals surface area contributed by atoms with Crippen LogP contribution in [-0.2, 0) is 4.79 Å². The minimum absolute atomic E-state index is 0. The Bertz CT molecular complexity index is 443. The summed E-state index contributed by atoms with van der Waals surface area (Å²) in [5.41, 5.74) is 1.66. The van der Waals surface area contributed by atoms with E-state index < -0.39 is 0 Å². The average Bonchev–Trinajstić information content (AvgIpc) is 2.36. The van der Waals surface area contributed by atoms with Crippen molar-refractivity contribution in [1.29, 1.82) is 0 Å². The summed E-state index contributed by atoms with van der Waals surface area (Å²) in [6, 6.07) is 10.1. The number of carbonyl (C=O) groups is 1. The molecule has 1 aromatic carbocycles. The van der Waals surface area contributed by atoms with Crippen LogP contribution in [0.4, 0.5) is 0 Å². The molecule has 0 spiro atoms. The Kier molecular flexibility index (Phi) is 7.54. The van der Waals surface area contributed by atoms with E-state index in [1.807, 2.05) is 18.2 Å². The number of carbonyl (C=O) groups excluding carboxylic acids is 1. The highest BCUT2D eigenvalue weighted by molar-refractivity contribution is 5.92. The molecule has 1 N–H and O–H groups in total. The van der Waals surface area contributed by atoms with Gasteiger partial charge in [-0.3, -0.25) is 10.1 Å². The van der Waals surface area contributed by atoms with Crippen molar-refractivity contribution >= 4 is 5.91 Å². The van der Waals surface area contributed by atoms with Gasteiger partial charge < -0.3 is 16.9 Å². The standard InChI is InChI=1S/C16H24N2O.ClH/c1-6-12-18(4,5)15(17-16(19)13(2)3)14-10-8-7-9-11-14;/h7-11,15H,2,6,12H2,1,3-5H3;1H. The third kappa shape index (κ3) is 4.99. The van der Waals surface area contributed by atoms with E-state index in [9.17, 15) is 4.79 Å². The molecule has 1 atom stereocenters. The molecule has 0 radical (unpaired) electrons. The summed E-state index contributed by atoms with van der Waals surface area (Å²) >= 11 is 0. The van der Waals surface area contributed by atoms with E-state index in [2.05, 4.69) is 45.0 Å². The maximum Gasteiger partial charge on any atom is 0.251 e. The van der Waals surface area contributed by atoms with Crippen LogP contribution in [0.5, 0.6) is 0 Å². The van der Waals surface area contributed by atoms with Gasteiger partial charge in [-0.2, -0.15) is 0 Å². The smallest absolute Gasteiger partial charge is 0.251 e. The molecule has 4 heteroatoms. The summed E-state index contributed by atoms with van der Waals surface area (Å²) in [6.07, 6.45) is 1.02. The molecule has 112 valence electrons. The molecule has 0 aliphatic carbocycles. The molecule has 3 nitrogen and oxygen atoms in total. The summed E-state index contributed by atoms with van der Waals surface area (Å²) in [5.74, 6) is -0.0869. The van der Waals surface area contributed by atoms with Crippen LogP contribution in [0.25, 0.3) is 0 Å². The molecule has 0 fully saturated rings. The lowest BCUT2D eigenvalue weighted by Crippen LogP contribution is -3.00. The maximum atomic E-state index is 12.0. The van der Waals surface area contributed by atoms with Crippen LogP contribution in [0.15, 0.2) is 42.5 Å². The zero-order valence-corrected chi connectivity index (χ0v) is 13.6. The van der Waals surface area contributed by atoms with Crippen LogP contribution < -0.4 is 17.7 Å². The number of halogens is 1. The fourth-order valence-electron chi connectivity index (χ4n) is 2.25. The Morgan fingerprint density at radius 1 is 1.30 bits per heavy atom. The first-order chi connectivity index (χ1) is 8.88. The number of hydrogen-bond donors (Lipinski definition) is 1. The van der Waals surface area contributed by atoms with Crippen molar-refractivity contribution < 1.29 is 21.7 Å². The summed E-state index contributed by atoms with van der Waals surface area (Å²) in [7, 11) is 4.28. The first-order valence-electron chi connectivity index (χ1n) is 6.72. The largest absolute Gasteiger partial charge is 1.00 e. The van der Waals surface area contributed by atoms with Gasteiger partial charge in [0.2, 0.25) is 0 Å². The molecule has 0 saturated heterocycles. The van der Waals surface area contributed by atoms with Gasteiger partial charge in [-0.25, -0.2) is 0 Å². The fourth-order valence-corrected chi connectivity index (χ4v) is 2.25. The first-order valence-corrected chi connectivity index (χ1v) is 6.72. The first kappa shape index (κ1) is 18.7. The van der Waals surface area contributed by atoms with Crippen molar-refractivity contribution in [1.82, 2.24) is 5.32 Å². The monoisotopic (exact) mass is 296 g/mol. The second-order valence-electron chi connectivity index (χ2n) is 5.57. The molecule has 20 heavy (non-hydrogen) atoms. The Balaban J connectivity index is 0.00000361. The van der Waals surface area contributed by atoms with Gasteiger partial charge in [-0.05, 0) is 13.3 Å². The van der Waals surface area contributed by atoms with Crippen LogP contribution in [0, 0.1) is 0 Å². The van der Waals surface area contributed by atoms with Gasteiger partial charge in [0, 0.05) is 11.1 Å². The van der Waals surface area contributed by atoms with Crippen LogP contribution in [0.1, 0.15) is 32.0 Å². The molecule has 0 aliphatic heterocycles. The van der Waals surface area contributed by atoms with E-state index in [1.54, 1.807) is 6.92 Å². The third-order valence-corrected chi connectivity index (χ3v) is 3.27. The number of nitrogens with zero attached hydrogens (tertiary/aromatic N) is 1. The Morgan fingerprint density at radius 2 is 1.85 bits per heavy atom. The van der Waals surface area contributed by atoms with E-state index in [0.29, 0.717) is 5.57 Å². The maximum absolute atomic E-state index is 12.0. The zero-order valence-electron chi connectivity index (χ0n) is 12.8. The number of amides is 1. The highest BCUT2D eigenvalue weighted by Crippen LogP contribution is 2.23. The van der Waals surface area contributed by atoms with Gasteiger partial charge in [-0.15, -0.1) is 0 Å². The van der Waals surface area contributed by atoms with Crippen molar-refractivity contribution in [2.75, 3.05) is 20.6 Å². The van der Waals surface area contributed by atoms with Crippen molar-refractivity contribution in [2.45, 2.75) is 26.4 Å². The average molecular weight is 297 g/mol. The highest BCUT2D eigenvalue weighted by atomic mass is 35.5. The Labute approximate surface area is 128 Å². The quantitative estimate of drug-likeness (QED) is 0.442. The summed E-state index contributed by atoms with van der Waals surface area (Å²) in [4.78, 5) is 12.0. The Morgan fingerprint density at radius 3 is 2.30 bits per heavy atom. The molecule has 0 aromatic heterocycles. The molecule has 0 saturated carbocycles. The van der Waals surface area contributed by atoms with Crippen molar-refractivity contribution in [3.8, 4) is 0 Å². The lowest BCUT2D eigenvalue weighted by atomic mass is 10.1. The third-order valence-electron chi connectivity index (χ3n) is 3.27. The van der Waals surface area contributed by atoms with E-state index in [-0.39, 0.29) is 24.5 Å². The van der Waals surface area contributed by atoms with Gasteiger partial charge in [0.1, 0.15) is 0 Å². The van der Waals surface area contributed by atoms with E-state index in [4.69, 9.17) is 0 Å². The SMILES string of the molecule is C=C(C)C(=O)NC(c1ccccc1)[N+](C)(C)CCC.[Cl-]. The van der Waals surface area contributed by atoms with Crippen LogP contribution in [0.3, 0.4) is 0 Å². The lowest BCUT2D eigenvalue weighted by molar-refractivity contribution is -0.923. The second kappa shape index (κ2) is 8.08. The van der Waals surface area contributed by atoms with Crippen LogP contribution >= 0.6 is 0 Å². The number of hydrogen-bond acceptors (Lipinski definition) is 1. The van der Waals surface area contributed by atoms with E-state index in [0.717, 1.165) is 23.0 Å². The number of quaternary nitrogens is 1. The summed E-state index contributed by atoms with van der Waals surface area (Å²) in [5, 5.41) is 3.09. The molecule has 0 aliphatic rings. The van der Waals surface area contributed by atoms with Crippen LogP contribution in [-0.4, -0.2) is 31.0 Å². The molecule has 1 aromatic rings. The Hall–Kier alpha value is -1.32. The molecule has 1 unspecified atom stereocenters. The summed E-state index contributed by atoms with van der Waals surface area (Å²) < 4.78 is 0.722. The molecule has 0 bridgehead atoms. The normalized spacial score (nSPS) is 12.2. The highest BCUT2D eigenvalue weighted by Gasteiger charge is 2.30. The van der Waals surface area contributed by atoms with Crippen molar-refractivity contribution in [2.24, 2.45) is 0 Å². The molecule has 1 rings (SSSR count). The predicted octanol–water partition coefficient (Wildman–Crippen LogP) is -0.132. The van der Waals surface area contributed by atoms with Gasteiger partial charge in [0.15, 0.2) is 6.17 Å². The topological polar surface area (TPSA) is 29.1 Å². The second-order valence-corrected chi connectivity index (χ2v) is 5.57. The minimum atomic E-state index is -0.0869. The lowest BCUT2D eigenvalue weighted by Gasteiger charge is -2.38. The number of benzene rings is 1. The fraction of sp³-hybridized carbons (Fsp3) is 0.438. The van der Waals surface area contributed by atoms with E-state index in [1.165, 1.54) is 0 Å². The van der Waals surface area contributed by atoms with Crippen molar-refractivity contribution in [3.05, 3.63) is 48.0 Å². The summed E-state index contributed by atoms with van der Waals surface area (Å²) in [6.45, 7) is 8.60. The van der Waals surface area contributed by atoms with Gasteiger partial charge in [-0.1, -0.05) is 43.8 Å². The molecule has 1 amide bonds. The minimum Gasteiger partial charge on any atom is -1.00 e. The molecular weight excluding hydrogens is 272 g/mol. The van der Waals surface area contributed by atoms with E-state index >= 15 is 0 Å². The zero-order chi connectivity index (χ0) is 14.5. The number of rotatable bonds is 6. The predicted molar refractivity (Wildman–Crippen MR) is 79.4 cm³/mol. The van der Waals surface area contributed by atoms with Gasteiger partial charge >= 0.3 is 0 Å². The van der Waals surface area contributed by atoms with Crippen molar-refractivity contribution in [3.63, 3.8) is 0 Å². The number of nitrogens with one attached hydrogen (secondary N) is 1. The molecular formula is C16H25ClN2O. The van der Waals surface area contributed by atoms with Crippen LogP contribution in [0.2, 0.25) is 0 Å². The van der Waals surface area contributed by atoms with Gasteiger partial charge in [0.05, 0.1) is 20.6 Å². The van der Waals surface area contributed by atoms with Gasteiger partial charge in [0.25, 0.3) is 5.91 Å². The molecule has 0 heterocycles.